The van der Waals surface area contributed by atoms with Crippen LogP contribution in [0.3, 0.4) is 0 Å². The first-order chi connectivity index (χ1) is 6.42. The number of aromatic nitrogens is 1. The summed E-state index contributed by atoms with van der Waals surface area (Å²) in [5, 5.41) is 3.16. The van der Waals surface area contributed by atoms with Crippen LogP contribution in [0.2, 0.25) is 0 Å². The Morgan fingerprint density at radius 3 is 3.38 bits per heavy atom. The van der Waals surface area contributed by atoms with Crippen molar-refractivity contribution in [3.05, 3.63) is 24.0 Å². The normalized spacial score (nSPS) is 14.7. The summed E-state index contributed by atoms with van der Waals surface area (Å²) < 4.78 is 0. The highest BCUT2D eigenvalue weighted by molar-refractivity contribution is 5.54. The molecule has 0 spiro atoms. The monoisotopic (exact) mass is 177 g/mol. The number of nitrogens with zero attached hydrogens (tertiary/aromatic N) is 2. The molecule has 0 radical (unpaired) electrons. The first-order valence-electron chi connectivity index (χ1n) is 4.75. The van der Waals surface area contributed by atoms with E-state index < -0.39 is 0 Å². The molecule has 0 bridgehead atoms. The van der Waals surface area contributed by atoms with Crippen molar-refractivity contribution < 1.29 is 0 Å². The topological polar surface area (TPSA) is 28.2 Å². The Balaban J connectivity index is 2.09. The van der Waals surface area contributed by atoms with Gasteiger partial charge < -0.3 is 10.2 Å². The summed E-state index contributed by atoms with van der Waals surface area (Å²) in [6, 6.07) is 4.17. The van der Waals surface area contributed by atoms with Crippen molar-refractivity contribution >= 4 is 5.69 Å². The first-order valence-corrected chi connectivity index (χ1v) is 4.75. The van der Waals surface area contributed by atoms with E-state index in [4.69, 9.17) is 0 Å². The van der Waals surface area contributed by atoms with E-state index in [9.17, 15) is 0 Å². The van der Waals surface area contributed by atoms with Crippen LogP contribution in [0.1, 0.15) is 5.69 Å². The molecule has 2 rings (SSSR count). The van der Waals surface area contributed by atoms with Gasteiger partial charge in [-0.1, -0.05) is 0 Å². The largest absolute Gasteiger partial charge is 0.368 e. The van der Waals surface area contributed by atoms with E-state index in [1.165, 1.54) is 11.4 Å². The molecule has 1 N–H and O–H groups in total. The van der Waals surface area contributed by atoms with Gasteiger partial charge in [-0.15, -0.1) is 0 Å². The quantitative estimate of drug-likeness (QED) is 0.735. The van der Waals surface area contributed by atoms with Gasteiger partial charge in [0.25, 0.3) is 0 Å². The first kappa shape index (κ1) is 8.51. The number of hydrogen-bond acceptors (Lipinski definition) is 3. The van der Waals surface area contributed by atoms with Crippen molar-refractivity contribution in [1.29, 1.82) is 0 Å². The van der Waals surface area contributed by atoms with Crippen LogP contribution in [0.5, 0.6) is 0 Å². The highest BCUT2D eigenvalue weighted by Crippen LogP contribution is 2.24. The van der Waals surface area contributed by atoms with Crippen LogP contribution in [0.15, 0.2) is 18.3 Å². The minimum Gasteiger partial charge on any atom is -0.368 e. The number of fused-ring (bicyclic) bond motifs is 1. The molecule has 1 aromatic rings. The van der Waals surface area contributed by atoms with Crippen LogP contribution in [0.4, 0.5) is 5.69 Å². The lowest BCUT2D eigenvalue weighted by Gasteiger charge is -2.18. The fraction of sp³-hybridized carbons (Fsp3) is 0.500. The average molecular weight is 177 g/mol. The van der Waals surface area contributed by atoms with Gasteiger partial charge in [0, 0.05) is 32.3 Å². The lowest BCUT2D eigenvalue weighted by molar-refractivity contribution is 0.740. The SMILES string of the molecule is CNCCN1CCc2ncccc21. The second-order valence-corrected chi connectivity index (χ2v) is 3.31. The predicted molar refractivity (Wildman–Crippen MR) is 54.1 cm³/mol. The third kappa shape index (κ3) is 1.65. The Bertz CT molecular complexity index is 285. The molecule has 1 aliphatic heterocycles. The summed E-state index contributed by atoms with van der Waals surface area (Å²) in [5.41, 5.74) is 2.57. The van der Waals surface area contributed by atoms with E-state index in [0.29, 0.717) is 0 Å². The van der Waals surface area contributed by atoms with Crippen molar-refractivity contribution in [2.75, 3.05) is 31.6 Å². The zero-order valence-corrected chi connectivity index (χ0v) is 7.95. The maximum absolute atomic E-state index is 4.36. The second kappa shape index (κ2) is 3.75. The number of likely N-dealkylation sites (N-methyl/N-ethyl adjacent to an activating group) is 1. The molecule has 0 atom stereocenters. The summed E-state index contributed by atoms with van der Waals surface area (Å²) in [4.78, 5) is 6.74. The fourth-order valence-electron chi connectivity index (χ4n) is 1.75. The highest BCUT2D eigenvalue weighted by atomic mass is 15.2. The van der Waals surface area contributed by atoms with Crippen LogP contribution >= 0.6 is 0 Å². The highest BCUT2D eigenvalue weighted by Gasteiger charge is 2.18. The van der Waals surface area contributed by atoms with Gasteiger partial charge in [0.15, 0.2) is 0 Å². The molecule has 1 aliphatic rings. The lowest BCUT2D eigenvalue weighted by atomic mass is 10.3. The van der Waals surface area contributed by atoms with Gasteiger partial charge in [0.1, 0.15) is 0 Å². The van der Waals surface area contributed by atoms with Crippen molar-refractivity contribution in [1.82, 2.24) is 10.3 Å². The molecule has 0 unspecified atom stereocenters. The summed E-state index contributed by atoms with van der Waals surface area (Å²) in [5.74, 6) is 0. The zero-order valence-electron chi connectivity index (χ0n) is 7.95. The Morgan fingerprint density at radius 2 is 2.54 bits per heavy atom. The van der Waals surface area contributed by atoms with Crippen LogP contribution in [0.25, 0.3) is 0 Å². The minimum absolute atomic E-state index is 1.04. The summed E-state index contributed by atoms with van der Waals surface area (Å²) in [6.45, 7) is 3.23. The number of nitrogens with one attached hydrogen (secondary N) is 1. The number of rotatable bonds is 3. The fourth-order valence-corrected chi connectivity index (χ4v) is 1.75. The molecule has 2 heterocycles. The number of hydrogen-bond donors (Lipinski definition) is 1. The molecule has 0 saturated carbocycles. The molecule has 13 heavy (non-hydrogen) atoms. The van der Waals surface area contributed by atoms with Gasteiger partial charge in [-0.2, -0.15) is 0 Å². The molecule has 3 heteroatoms. The Kier molecular flexibility index (Phi) is 2.45. The summed E-state index contributed by atoms with van der Waals surface area (Å²) in [6.07, 6.45) is 2.97. The van der Waals surface area contributed by atoms with Crippen molar-refractivity contribution in [3.8, 4) is 0 Å². The Hall–Kier alpha value is -1.09. The molecule has 1 aromatic heterocycles. The van der Waals surface area contributed by atoms with Crippen molar-refractivity contribution in [2.45, 2.75) is 6.42 Å². The van der Waals surface area contributed by atoms with Crippen LogP contribution in [-0.2, 0) is 6.42 Å². The van der Waals surface area contributed by atoms with Gasteiger partial charge in [0.2, 0.25) is 0 Å². The van der Waals surface area contributed by atoms with E-state index in [-0.39, 0.29) is 0 Å². The standard InChI is InChI=1S/C10H15N3/c1-11-6-8-13-7-4-9-10(13)3-2-5-12-9/h2-3,5,11H,4,6-8H2,1H3. The van der Waals surface area contributed by atoms with Crippen molar-refractivity contribution in [2.24, 2.45) is 0 Å². The van der Waals surface area contributed by atoms with Gasteiger partial charge in [0.05, 0.1) is 11.4 Å². The third-order valence-electron chi connectivity index (χ3n) is 2.46. The second-order valence-electron chi connectivity index (χ2n) is 3.31. The van der Waals surface area contributed by atoms with Gasteiger partial charge >= 0.3 is 0 Å². The van der Waals surface area contributed by atoms with Crippen LogP contribution in [-0.4, -0.2) is 31.7 Å². The molecule has 3 nitrogen and oxygen atoms in total. The molecular weight excluding hydrogens is 162 g/mol. The number of anilines is 1. The smallest absolute Gasteiger partial charge is 0.0654 e. The van der Waals surface area contributed by atoms with Crippen LogP contribution < -0.4 is 10.2 Å². The maximum Gasteiger partial charge on any atom is 0.0654 e. The lowest BCUT2D eigenvalue weighted by Crippen LogP contribution is -2.29. The summed E-state index contributed by atoms with van der Waals surface area (Å²) in [7, 11) is 1.99. The van der Waals surface area contributed by atoms with E-state index in [1.807, 2.05) is 19.3 Å². The molecule has 0 saturated heterocycles. The Morgan fingerprint density at radius 1 is 1.62 bits per heavy atom. The molecule has 0 aromatic carbocycles. The minimum atomic E-state index is 1.04. The molecular formula is C10H15N3. The average Bonchev–Trinajstić information content (AvgIpc) is 2.58. The molecule has 70 valence electrons. The van der Waals surface area contributed by atoms with E-state index in [0.717, 1.165) is 26.1 Å². The maximum atomic E-state index is 4.36. The van der Waals surface area contributed by atoms with Crippen LogP contribution in [0, 0.1) is 0 Å². The predicted octanol–water partition coefficient (Wildman–Crippen LogP) is 0.663. The Labute approximate surface area is 78.8 Å². The van der Waals surface area contributed by atoms with Gasteiger partial charge in [-0.25, -0.2) is 0 Å². The zero-order chi connectivity index (χ0) is 9.10. The van der Waals surface area contributed by atoms with E-state index >= 15 is 0 Å². The van der Waals surface area contributed by atoms with E-state index in [1.54, 1.807) is 0 Å². The molecule has 0 aliphatic carbocycles. The summed E-state index contributed by atoms with van der Waals surface area (Å²) >= 11 is 0. The molecule has 0 fully saturated rings. The number of pyridine rings is 1. The van der Waals surface area contributed by atoms with Gasteiger partial charge in [-0.05, 0) is 19.2 Å². The van der Waals surface area contributed by atoms with Crippen molar-refractivity contribution in [3.63, 3.8) is 0 Å². The van der Waals surface area contributed by atoms with E-state index in [2.05, 4.69) is 21.3 Å². The van der Waals surface area contributed by atoms with Gasteiger partial charge in [-0.3, -0.25) is 4.98 Å². The third-order valence-corrected chi connectivity index (χ3v) is 2.46. The molecule has 0 amide bonds.